The van der Waals surface area contributed by atoms with Crippen molar-refractivity contribution in [2.24, 2.45) is 0 Å². The summed E-state index contributed by atoms with van der Waals surface area (Å²) in [5.41, 5.74) is 2.67. The highest BCUT2D eigenvalue weighted by atomic mass is 15.3. The lowest BCUT2D eigenvalue weighted by molar-refractivity contribution is 0.338. The van der Waals surface area contributed by atoms with Crippen molar-refractivity contribution in [1.29, 1.82) is 0 Å². The van der Waals surface area contributed by atoms with Gasteiger partial charge in [0.2, 0.25) is 0 Å². The Labute approximate surface area is 142 Å². The number of hydrogen-bond acceptors (Lipinski definition) is 4. The molecule has 23 heavy (non-hydrogen) atoms. The highest BCUT2D eigenvalue weighted by Crippen LogP contribution is 2.03. The van der Waals surface area contributed by atoms with Crippen LogP contribution in [0.15, 0.2) is 36.9 Å². The van der Waals surface area contributed by atoms with Crippen LogP contribution < -0.4 is 21.3 Å². The summed E-state index contributed by atoms with van der Waals surface area (Å²) in [5.74, 6) is 0. The molecule has 0 aliphatic heterocycles. The van der Waals surface area contributed by atoms with E-state index < -0.39 is 0 Å². The average Bonchev–Trinajstić information content (AvgIpc) is 2.56. The van der Waals surface area contributed by atoms with Crippen molar-refractivity contribution in [3.63, 3.8) is 0 Å². The van der Waals surface area contributed by atoms with E-state index in [4.69, 9.17) is 0 Å². The van der Waals surface area contributed by atoms with Gasteiger partial charge in [-0.05, 0) is 45.8 Å². The number of nitrogens with one attached hydrogen (secondary N) is 4. The van der Waals surface area contributed by atoms with E-state index in [9.17, 15) is 0 Å². The normalized spacial score (nSPS) is 13.7. The molecule has 0 radical (unpaired) electrons. The second-order valence-corrected chi connectivity index (χ2v) is 6.14. The molecule has 1 aromatic carbocycles. The van der Waals surface area contributed by atoms with Crippen LogP contribution in [0.3, 0.4) is 0 Å². The molecular weight excluding hydrogens is 284 g/mol. The standard InChI is InChI=1S/C19H34N4/c1-5-13-22-19(20-4)23-17(3)8-6-7-14-21-15-18-11-9-16(2)10-12-18/h5,9-12,17,19-23H,1,6-8,13-15H2,2-4H3. The topological polar surface area (TPSA) is 48.1 Å². The third-order valence-corrected chi connectivity index (χ3v) is 3.90. The molecular formula is C19H34N4. The maximum absolute atomic E-state index is 3.73. The molecule has 0 heterocycles. The van der Waals surface area contributed by atoms with E-state index in [1.807, 2.05) is 13.1 Å². The minimum Gasteiger partial charge on any atom is -0.313 e. The second kappa shape index (κ2) is 12.3. The maximum atomic E-state index is 3.73. The van der Waals surface area contributed by atoms with Crippen molar-refractivity contribution in [3.8, 4) is 0 Å². The number of hydrogen-bond donors (Lipinski definition) is 4. The first-order valence-corrected chi connectivity index (χ1v) is 8.69. The van der Waals surface area contributed by atoms with Gasteiger partial charge in [-0.1, -0.05) is 42.3 Å². The van der Waals surface area contributed by atoms with Crippen LogP contribution in [-0.2, 0) is 6.54 Å². The Morgan fingerprint density at radius 2 is 1.91 bits per heavy atom. The summed E-state index contributed by atoms with van der Waals surface area (Å²) in [4.78, 5) is 0. The van der Waals surface area contributed by atoms with Gasteiger partial charge in [0.15, 0.2) is 0 Å². The van der Waals surface area contributed by atoms with Crippen molar-refractivity contribution in [3.05, 3.63) is 48.0 Å². The van der Waals surface area contributed by atoms with E-state index in [1.165, 1.54) is 30.4 Å². The molecule has 0 spiro atoms. The summed E-state index contributed by atoms with van der Waals surface area (Å²) in [6.07, 6.45) is 5.63. The fourth-order valence-electron chi connectivity index (χ4n) is 2.45. The van der Waals surface area contributed by atoms with Crippen molar-refractivity contribution in [1.82, 2.24) is 21.3 Å². The van der Waals surface area contributed by atoms with E-state index in [1.54, 1.807) is 0 Å². The number of aryl methyl sites for hydroxylation is 1. The molecule has 130 valence electrons. The van der Waals surface area contributed by atoms with Gasteiger partial charge < -0.3 is 5.32 Å². The first-order chi connectivity index (χ1) is 11.2. The summed E-state index contributed by atoms with van der Waals surface area (Å²) in [6, 6.07) is 9.22. The van der Waals surface area contributed by atoms with Crippen molar-refractivity contribution in [2.45, 2.75) is 52.0 Å². The first-order valence-electron chi connectivity index (χ1n) is 8.69. The molecule has 4 nitrogen and oxygen atoms in total. The molecule has 1 rings (SSSR count). The van der Waals surface area contributed by atoms with Crippen LogP contribution in [0.5, 0.6) is 0 Å². The molecule has 2 unspecified atom stereocenters. The van der Waals surface area contributed by atoms with Gasteiger partial charge in [-0.25, -0.2) is 0 Å². The summed E-state index contributed by atoms with van der Waals surface area (Å²) in [5, 5.41) is 13.6. The van der Waals surface area contributed by atoms with E-state index >= 15 is 0 Å². The minimum atomic E-state index is 0.141. The Hall–Kier alpha value is -1.20. The van der Waals surface area contributed by atoms with Gasteiger partial charge in [0, 0.05) is 19.1 Å². The molecule has 4 heteroatoms. The van der Waals surface area contributed by atoms with E-state index in [0.717, 1.165) is 19.6 Å². The fraction of sp³-hybridized carbons (Fsp3) is 0.579. The zero-order chi connectivity index (χ0) is 16.9. The highest BCUT2D eigenvalue weighted by Gasteiger charge is 2.08. The van der Waals surface area contributed by atoms with Crippen molar-refractivity contribution < 1.29 is 0 Å². The largest absolute Gasteiger partial charge is 0.313 e. The van der Waals surface area contributed by atoms with Gasteiger partial charge in [0.25, 0.3) is 0 Å². The molecule has 4 N–H and O–H groups in total. The summed E-state index contributed by atoms with van der Waals surface area (Å²) in [6.45, 7) is 10.9. The zero-order valence-corrected chi connectivity index (χ0v) is 15.0. The lowest BCUT2D eigenvalue weighted by atomic mass is 10.1. The van der Waals surface area contributed by atoms with Crippen LogP contribution in [0.1, 0.15) is 37.3 Å². The number of unbranched alkanes of at least 4 members (excludes halogenated alkanes) is 1. The van der Waals surface area contributed by atoms with Crippen LogP contribution in [-0.4, -0.2) is 32.5 Å². The molecule has 1 aromatic rings. The van der Waals surface area contributed by atoms with Crippen LogP contribution in [0.4, 0.5) is 0 Å². The molecule has 0 fully saturated rings. The summed E-state index contributed by atoms with van der Waals surface area (Å²) in [7, 11) is 1.95. The molecule has 0 aliphatic carbocycles. The van der Waals surface area contributed by atoms with Crippen LogP contribution in [0.2, 0.25) is 0 Å². The SMILES string of the molecule is C=CCNC(NC)NC(C)CCCCNCc1ccc(C)cc1. The quantitative estimate of drug-likeness (QED) is 0.256. The molecule has 0 saturated carbocycles. The zero-order valence-electron chi connectivity index (χ0n) is 15.0. The Bertz CT molecular complexity index is 416. The summed E-state index contributed by atoms with van der Waals surface area (Å²) >= 11 is 0. The second-order valence-electron chi connectivity index (χ2n) is 6.14. The predicted octanol–water partition coefficient (Wildman–Crippen LogP) is 2.51. The average molecular weight is 319 g/mol. The third kappa shape index (κ3) is 9.51. The van der Waals surface area contributed by atoms with Gasteiger partial charge in [-0.3, -0.25) is 16.0 Å². The maximum Gasteiger partial charge on any atom is 0.112 e. The van der Waals surface area contributed by atoms with Gasteiger partial charge in [0.1, 0.15) is 6.29 Å². The van der Waals surface area contributed by atoms with E-state index in [2.05, 4.69) is 66.0 Å². The molecule has 2 atom stereocenters. The van der Waals surface area contributed by atoms with Gasteiger partial charge in [-0.15, -0.1) is 6.58 Å². The van der Waals surface area contributed by atoms with Crippen LogP contribution in [0, 0.1) is 6.92 Å². The summed E-state index contributed by atoms with van der Waals surface area (Å²) < 4.78 is 0. The van der Waals surface area contributed by atoms with Crippen LogP contribution in [0.25, 0.3) is 0 Å². The van der Waals surface area contributed by atoms with Gasteiger partial charge in [-0.2, -0.15) is 0 Å². The Morgan fingerprint density at radius 1 is 1.17 bits per heavy atom. The smallest absolute Gasteiger partial charge is 0.112 e. The van der Waals surface area contributed by atoms with Crippen molar-refractivity contribution in [2.75, 3.05) is 20.1 Å². The fourth-order valence-corrected chi connectivity index (χ4v) is 2.45. The number of rotatable bonds is 13. The van der Waals surface area contributed by atoms with Gasteiger partial charge >= 0.3 is 0 Å². The lowest BCUT2D eigenvalue weighted by Crippen LogP contribution is -2.54. The Kier molecular flexibility index (Phi) is 10.6. The van der Waals surface area contributed by atoms with E-state index in [0.29, 0.717) is 6.04 Å². The molecule has 0 aromatic heterocycles. The van der Waals surface area contributed by atoms with E-state index in [-0.39, 0.29) is 6.29 Å². The minimum absolute atomic E-state index is 0.141. The molecule has 0 aliphatic rings. The molecule has 0 bridgehead atoms. The number of benzene rings is 1. The third-order valence-electron chi connectivity index (χ3n) is 3.90. The Morgan fingerprint density at radius 3 is 2.57 bits per heavy atom. The first kappa shape index (κ1) is 19.8. The van der Waals surface area contributed by atoms with Gasteiger partial charge in [0.05, 0.1) is 0 Å². The molecule has 0 saturated heterocycles. The monoisotopic (exact) mass is 318 g/mol. The Balaban J connectivity index is 2.05. The molecule has 0 amide bonds. The van der Waals surface area contributed by atoms with Crippen LogP contribution >= 0.6 is 0 Å². The van der Waals surface area contributed by atoms with Crippen molar-refractivity contribution >= 4 is 0 Å². The lowest BCUT2D eigenvalue weighted by Gasteiger charge is -2.23. The highest BCUT2D eigenvalue weighted by molar-refractivity contribution is 5.20. The predicted molar refractivity (Wildman–Crippen MR) is 100 cm³/mol.